The Morgan fingerprint density at radius 1 is 1.00 bits per heavy atom. The van der Waals surface area contributed by atoms with Gasteiger partial charge in [-0.3, -0.25) is 0 Å². The van der Waals surface area contributed by atoms with Crippen LogP contribution in [0, 0.1) is 6.92 Å². The van der Waals surface area contributed by atoms with Crippen molar-refractivity contribution in [2.24, 2.45) is 0 Å². The molecule has 2 N–H and O–H groups in total. The van der Waals surface area contributed by atoms with Gasteiger partial charge in [0, 0.05) is 17.6 Å². The van der Waals surface area contributed by atoms with Crippen LogP contribution in [0.25, 0.3) is 0 Å². The van der Waals surface area contributed by atoms with Gasteiger partial charge in [0.25, 0.3) is 5.92 Å². The minimum absolute atomic E-state index is 0.180. The Balaban J connectivity index is 1.60. The van der Waals surface area contributed by atoms with E-state index in [1.165, 1.54) is 0 Å². The molecule has 9 heteroatoms. The van der Waals surface area contributed by atoms with Gasteiger partial charge in [0.15, 0.2) is 6.61 Å². The highest BCUT2D eigenvalue weighted by Gasteiger charge is 2.45. The van der Waals surface area contributed by atoms with E-state index < -0.39 is 12.5 Å². The summed E-state index contributed by atoms with van der Waals surface area (Å²) in [6, 6.07) is 15.0. The number of halogens is 3. The summed E-state index contributed by atoms with van der Waals surface area (Å²) in [4.78, 5) is 12.8. The van der Waals surface area contributed by atoms with Gasteiger partial charge in [0.1, 0.15) is 0 Å². The predicted octanol–water partition coefficient (Wildman–Crippen LogP) is 5.71. The minimum Gasteiger partial charge on any atom is -0.457 e. The van der Waals surface area contributed by atoms with E-state index in [1.807, 2.05) is 55.5 Å². The van der Waals surface area contributed by atoms with E-state index in [0.29, 0.717) is 5.02 Å². The van der Waals surface area contributed by atoms with Gasteiger partial charge in [-0.25, -0.2) is 8.78 Å². The molecule has 1 fully saturated rings. The van der Waals surface area contributed by atoms with Gasteiger partial charge in [-0.2, -0.15) is 15.0 Å². The number of rotatable bonds is 8. The Labute approximate surface area is 184 Å². The maximum absolute atomic E-state index is 13.3. The minimum atomic E-state index is -3.01. The second-order valence-corrected chi connectivity index (χ2v) is 8.27. The van der Waals surface area contributed by atoms with Crippen LogP contribution in [-0.2, 0) is 5.54 Å². The Hall–Kier alpha value is -3.00. The third-order valence-corrected chi connectivity index (χ3v) is 5.13. The number of hydrogen-bond donors (Lipinski definition) is 2. The monoisotopic (exact) mass is 445 g/mol. The van der Waals surface area contributed by atoms with E-state index in [1.54, 1.807) is 0 Å². The molecule has 6 nitrogen and oxygen atoms in total. The number of nitrogens with one attached hydrogen (secondary N) is 2. The van der Waals surface area contributed by atoms with Gasteiger partial charge < -0.3 is 15.4 Å². The van der Waals surface area contributed by atoms with Crippen molar-refractivity contribution in [3.63, 3.8) is 0 Å². The molecule has 1 heterocycles. The molecule has 0 atom stereocenters. The zero-order valence-corrected chi connectivity index (χ0v) is 17.9. The van der Waals surface area contributed by atoms with Crippen LogP contribution in [0.1, 0.15) is 30.9 Å². The second kappa shape index (κ2) is 8.26. The van der Waals surface area contributed by atoms with Crippen LogP contribution in [0.2, 0.25) is 5.02 Å². The number of anilines is 3. The summed E-state index contributed by atoms with van der Waals surface area (Å²) in [7, 11) is 0. The summed E-state index contributed by atoms with van der Waals surface area (Å²) in [6.07, 6.45) is 1.76. The molecule has 0 radical (unpaired) electrons. The highest BCUT2D eigenvalue weighted by molar-refractivity contribution is 6.30. The third kappa shape index (κ3) is 5.58. The van der Waals surface area contributed by atoms with Crippen molar-refractivity contribution in [2.75, 3.05) is 17.2 Å². The highest BCUT2D eigenvalue weighted by atomic mass is 35.5. The lowest BCUT2D eigenvalue weighted by Crippen LogP contribution is -2.24. The number of alkyl halides is 2. The van der Waals surface area contributed by atoms with Crippen molar-refractivity contribution < 1.29 is 13.5 Å². The van der Waals surface area contributed by atoms with Crippen LogP contribution in [0.4, 0.5) is 26.4 Å². The van der Waals surface area contributed by atoms with Crippen LogP contribution in [0.15, 0.2) is 48.5 Å². The molecule has 0 saturated heterocycles. The third-order valence-electron chi connectivity index (χ3n) is 4.88. The fourth-order valence-corrected chi connectivity index (χ4v) is 3.21. The molecule has 1 saturated carbocycles. The van der Waals surface area contributed by atoms with Gasteiger partial charge in [0.05, 0.1) is 5.54 Å². The smallest absolute Gasteiger partial charge is 0.323 e. The van der Waals surface area contributed by atoms with Crippen LogP contribution in [0.5, 0.6) is 6.01 Å². The molecule has 162 valence electrons. The first-order valence-electron chi connectivity index (χ1n) is 9.85. The number of ether oxygens (including phenoxy) is 1. The number of hydrogen-bond acceptors (Lipinski definition) is 6. The first-order valence-corrected chi connectivity index (χ1v) is 10.2. The summed E-state index contributed by atoms with van der Waals surface area (Å²) in [5.74, 6) is -2.57. The van der Waals surface area contributed by atoms with Gasteiger partial charge in [-0.15, -0.1) is 0 Å². The van der Waals surface area contributed by atoms with E-state index >= 15 is 0 Å². The second-order valence-electron chi connectivity index (χ2n) is 7.83. The molecule has 31 heavy (non-hydrogen) atoms. The zero-order valence-electron chi connectivity index (χ0n) is 17.1. The fraction of sp³-hybridized carbons (Fsp3) is 0.318. The van der Waals surface area contributed by atoms with Crippen LogP contribution in [0.3, 0.4) is 0 Å². The van der Waals surface area contributed by atoms with Gasteiger partial charge in [0.2, 0.25) is 11.9 Å². The summed E-state index contributed by atoms with van der Waals surface area (Å²) >= 11 is 6.00. The van der Waals surface area contributed by atoms with Crippen molar-refractivity contribution >= 4 is 29.2 Å². The topological polar surface area (TPSA) is 72.0 Å². The molecular formula is C22H22ClF2N5O. The predicted molar refractivity (Wildman–Crippen MR) is 116 cm³/mol. The maximum Gasteiger partial charge on any atom is 0.323 e. The Morgan fingerprint density at radius 3 is 2.26 bits per heavy atom. The summed E-state index contributed by atoms with van der Waals surface area (Å²) in [5.41, 5.74) is 2.58. The van der Waals surface area contributed by atoms with Gasteiger partial charge in [-0.05, 0) is 49.6 Å². The van der Waals surface area contributed by atoms with E-state index in [0.717, 1.165) is 36.6 Å². The average Bonchev–Trinajstić information content (AvgIpc) is 3.48. The van der Waals surface area contributed by atoms with Crippen molar-refractivity contribution in [1.29, 1.82) is 0 Å². The van der Waals surface area contributed by atoms with Gasteiger partial charge >= 0.3 is 6.01 Å². The molecule has 2 aromatic carbocycles. The lowest BCUT2D eigenvalue weighted by atomic mass is 10.1. The van der Waals surface area contributed by atoms with Crippen molar-refractivity contribution in [3.8, 4) is 6.01 Å². The van der Waals surface area contributed by atoms with E-state index in [9.17, 15) is 8.78 Å². The van der Waals surface area contributed by atoms with E-state index in [-0.39, 0.29) is 23.4 Å². The SMILES string of the molecule is Cc1ccc(Nc2nc(NC3(c4ccc(Cl)cc4)CC3)nc(OCC(C)(F)F)n2)cc1. The van der Waals surface area contributed by atoms with Crippen LogP contribution in [-0.4, -0.2) is 27.5 Å². The van der Waals surface area contributed by atoms with Crippen LogP contribution < -0.4 is 15.4 Å². The summed E-state index contributed by atoms with van der Waals surface area (Å²) in [6.45, 7) is 1.93. The number of benzene rings is 2. The van der Waals surface area contributed by atoms with Crippen molar-refractivity contribution in [1.82, 2.24) is 15.0 Å². The van der Waals surface area contributed by atoms with E-state index in [2.05, 4.69) is 25.6 Å². The molecule has 0 aliphatic heterocycles. The quantitative estimate of drug-likeness (QED) is 0.462. The lowest BCUT2D eigenvalue weighted by molar-refractivity contribution is -0.0256. The normalized spacial score (nSPS) is 14.7. The lowest BCUT2D eigenvalue weighted by Gasteiger charge is -2.19. The Bertz CT molecular complexity index is 1050. The molecule has 0 bridgehead atoms. The molecule has 3 aromatic rings. The number of aryl methyl sites for hydroxylation is 1. The molecule has 1 aliphatic carbocycles. The molecule has 4 rings (SSSR count). The molecular weight excluding hydrogens is 424 g/mol. The van der Waals surface area contributed by atoms with E-state index in [4.69, 9.17) is 16.3 Å². The Kier molecular flexibility index (Phi) is 5.66. The first-order chi connectivity index (χ1) is 14.7. The molecule has 0 unspecified atom stereocenters. The molecule has 1 aromatic heterocycles. The zero-order chi connectivity index (χ0) is 22.1. The highest BCUT2D eigenvalue weighted by Crippen LogP contribution is 2.48. The van der Waals surface area contributed by atoms with Crippen molar-refractivity contribution in [2.45, 2.75) is 38.2 Å². The average molecular weight is 446 g/mol. The van der Waals surface area contributed by atoms with Gasteiger partial charge in [-0.1, -0.05) is 41.4 Å². The fourth-order valence-electron chi connectivity index (χ4n) is 3.08. The number of aromatic nitrogens is 3. The largest absolute Gasteiger partial charge is 0.457 e. The first kappa shape index (κ1) is 21.2. The summed E-state index contributed by atoms with van der Waals surface area (Å²) < 4.78 is 31.7. The maximum atomic E-state index is 13.3. The molecule has 1 aliphatic rings. The Morgan fingerprint density at radius 2 is 1.65 bits per heavy atom. The summed E-state index contributed by atoms with van der Waals surface area (Å²) in [5, 5.41) is 7.05. The van der Waals surface area contributed by atoms with Crippen molar-refractivity contribution in [3.05, 3.63) is 64.7 Å². The standard InChI is InChI=1S/C22H22ClF2N5O/c1-14-3-9-17(10-4-14)26-18-27-19(29-20(28-18)31-13-21(2,24)25)30-22(11-12-22)15-5-7-16(23)8-6-15/h3-10H,11-13H2,1-2H3,(H2,26,27,28,29,30). The number of nitrogens with zero attached hydrogens (tertiary/aromatic N) is 3. The molecule has 0 spiro atoms. The molecule has 0 amide bonds. The van der Waals surface area contributed by atoms with Crippen LogP contribution >= 0.6 is 11.6 Å².